The Morgan fingerprint density at radius 1 is 1.50 bits per heavy atom. The quantitative estimate of drug-likeness (QED) is 0.868. The predicted molar refractivity (Wildman–Crippen MR) is 78.5 cm³/mol. The summed E-state index contributed by atoms with van der Waals surface area (Å²) >= 11 is 5.46. The molecule has 1 N–H and O–H groups in total. The van der Waals surface area contributed by atoms with Crippen molar-refractivity contribution < 1.29 is 14.3 Å². The summed E-state index contributed by atoms with van der Waals surface area (Å²) in [6.45, 7) is 4.36. The van der Waals surface area contributed by atoms with Crippen LogP contribution in [0.3, 0.4) is 0 Å². The molecule has 1 aliphatic heterocycles. The van der Waals surface area contributed by atoms with Crippen LogP contribution < -0.4 is 15.0 Å². The van der Waals surface area contributed by atoms with Crippen LogP contribution in [0.5, 0.6) is 5.75 Å². The van der Waals surface area contributed by atoms with E-state index < -0.39 is 6.10 Å². The van der Waals surface area contributed by atoms with Gasteiger partial charge in [0.1, 0.15) is 11.6 Å². The van der Waals surface area contributed by atoms with E-state index in [0.29, 0.717) is 23.7 Å². The van der Waals surface area contributed by atoms with Gasteiger partial charge in [-0.1, -0.05) is 6.92 Å². The molecule has 0 radical (unpaired) electrons. The van der Waals surface area contributed by atoms with Gasteiger partial charge < -0.3 is 15.0 Å². The van der Waals surface area contributed by atoms with E-state index in [9.17, 15) is 9.59 Å². The van der Waals surface area contributed by atoms with Crippen LogP contribution in [0.1, 0.15) is 20.3 Å². The highest BCUT2D eigenvalue weighted by molar-refractivity contribution is 6.29. The molecule has 20 heavy (non-hydrogen) atoms. The van der Waals surface area contributed by atoms with Crippen molar-refractivity contribution in [2.24, 2.45) is 0 Å². The fourth-order valence-corrected chi connectivity index (χ4v) is 2.20. The van der Waals surface area contributed by atoms with E-state index in [1.165, 1.54) is 0 Å². The van der Waals surface area contributed by atoms with Crippen molar-refractivity contribution in [1.29, 1.82) is 0 Å². The average Bonchev–Trinajstić information content (AvgIpc) is 2.44. The highest BCUT2D eigenvalue weighted by Gasteiger charge is 2.31. The number of ether oxygens (including phenoxy) is 1. The Labute approximate surface area is 122 Å². The van der Waals surface area contributed by atoms with Crippen molar-refractivity contribution in [3.63, 3.8) is 0 Å². The summed E-state index contributed by atoms with van der Waals surface area (Å²) in [5.74, 6) is 0.182. The minimum Gasteiger partial charge on any atom is -0.479 e. The van der Waals surface area contributed by atoms with Gasteiger partial charge >= 0.3 is 0 Å². The molecule has 1 aromatic carbocycles. The number of benzene rings is 1. The monoisotopic (exact) mass is 296 g/mol. The molecule has 6 heteroatoms. The predicted octanol–water partition coefficient (Wildman–Crippen LogP) is 2.39. The number of fused-ring (bicyclic) bond motifs is 1. The van der Waals surface area contributed by atoms with Gasteiger partial charge in [0.05, 0.1) is 5.69 Å². The Morgan fingerprint density at radius 3 is 2.90 bits per heavy atom. The van der Waals surface area contributed by atoms with Gasteiger partial charge in [-0.15, -0.1) is 11.6 Å². The smallest absolute Gasteiger partial charge is 0.267 e. The molecule has 108 valence electrons. The van der Waals surface area contributed by atoms with Gasteiger partial charge in [-0.05, 0) is 31.5 Å². The minimum absolute atomic E-state index is 0.0693. The molecule has 5 nitrogen and oxygen atoms in total. The molecule has 0 spiro atoms. The Balaban J connectivity index is 2.34. The summed E-state index contributed by atoms with van der Waals surface area (Å²) in [5, 5.41) is 2.67. The Morgan fingerprint density at radius 2 is 2.25 bits per heavy atom. The SMILES string of the molecule is CCCN1C(=O)C(C)Oc2ccc(NC(=O)CCl)cc21. The molecular weight excluding hydrogens is 280 g/mol. The number of nitrogens with zero attached hydrogens (tertiary/aromatic N) is 1. The molecule has 0 bridgehead atoms. The number of halogens is 1. The van der Waals surface area contributed by atoms with Crippen LogP contribution in [-0.2, 0) is 9.59 Å². The highest BCUT2D eigenvalue weighted by atomic mass is 35.5. The zero-order valence-electron chi connectivity index (χ0n) is 11.5. The molecule has 0 saturated carbocycles. The first-order valence-corrected chi connectivity index (χ1v) is 7.08. The molecule has 2 amide bonds. The van der Waals surface area contributed by atoms with E-state index in [1.807, 2.05) is 6.92 Å². The van der Waals surface area contributed by atoms with E-state index >= 15 is 0 Å². The number of hydrogen-bond acceptors (Lipinski definition) is 3. The van der Waals surface area contributed by atoms with Crippen molar-refractivity contribution >= 4 is 34.8 Å². The maximum Gasteiger partial charge on any atom is 0.267 e. The van der Waals surface area contributed by atoms with Crippen LogP contribution in [0.4, 0.5) is 11.4 Å². The molecule has 0 aromatic heterocycles. The number of carbonyl (C=O) groups is 2. The van der Waals surface area contributed by atoms with Gasteiger partial charge in [0, 0.05) is 12.2 Å². The third kappa shape index (κ3) is 2.88. The molecule has 0 fully saturated rings. The van der Waals surface area contributed by atoms with Crippen molar-refractivity contribution in [2.45, 2.75) is 26.4 Å². The van der Waals surface area contributed by atoms with Crippen LogP contribution in [0.15, 0.2) is 18.2 Å². The lowest BCUT2D eigenvalue weighted by atomic mass is 10.1. The number of nitrogens with one attached hydrogen (secondary N) is 1. The normalized spacial score (nSPS) is 17.4. The molecule has 2 rings (SSSR count). The highest BCUT2D eigenvalue weighted by Crippen LogP contribution is 2.36. The summed E-state index contributed by atoms with van der Waals surface area (Å²) in [7, 11) is 0. The Hall–Kier alpha value is -1.75. The van der Waals surface area contributed by atoms with Gasteiger partial charge in [0.15, 0.2) is 6.10 Å². The second-order valence-electron chi connectivity index (χ2n) is 4.61. The number of anilines is 2. The Kier molecular flexibility index (Phi) is 4.49. The van der Waals surface area contributed by atoms with Crippen molar-refractivity contribution in [2.75, 3.05) is 22.6 Å². The minimum atomic E-state index is -0.489. The lowest BCUT2D eigenvalue weighted by Gasteiger charge is -2.33. The van der Waals surface area contributed by atoms with E-state index in [2.05, 4.69) is 5.32 Å². The van der Waals surface area contributed by atoms with Crippen LogP contribution in [0.25, 0.3) is 0 Å². The molecule has 1 atom stereocenters. The second kappa shape index (κ2) is 6.13. The van der Waals surface area contributed by atoms with Crippen LogP contribution >= 0.6 is 11.6 Å². The summed E-state index contributed by atoms with van der Waals surface area (Å²) < 4.78 is 5.58. The van der Waals surface area contributed by atoms with Gasteiger partial charge in [0.25, 0.3) is 5.91 Å². The number of amides is 2. The fourth-order valence-electron chi connectivity index (χ4n) is 2.13. The third-order valence-electron chi connectivity index (χ3n) is 3.02. The largest absolute Gasteiger partial charge is 0.479 e. The topological polar surface area (TPSA) is 58.6 Å². The van der Waals surface area contributed by atoms with Crippen LogP contribution in [0.2, 0.25) is 0 Å². The summed E-state index contributed by atoms with van der Waals surface area (Å²) in [4.78, 5) is 25.2. The van der Waals surface area contributed by atoms with E-state index in [4.69, 9.17) is 16.3 Å². The van der Waals surface area contributed by atoms with E-state index in [1.54, 1.807) is 30.0 Å². The van der Waals surface area contributed by atoms with Gasteiger partial charge in [-0.25, -0.2) is 0 Å². The van der Waals surface area contributed by atoms with Crippen molar-refractivity contribution in [3.8, 4) is 5.75 Å². The average molecular weight is 297 g/mol. The molecule has 0 aliphatic carbocycles. The van der Waals surface area contributed by atoms with E-state index in [-0.39, 0.29) is 17.7 Å². The zero-order valence-corrected chi connectivity index (χ0v) is 12.2. The zero-order chi connectivity index (χ0) is 14.7. The van der Waals surface area contributed by atoms with Crippen LogP contribution in [0, 0.1) is 0 Å². The number of rotatable bonds is 4. The maximum absolute atomic E-state index is 12.2. The first kappa shape index (κ1) is 14.7. The fraction of sp³-hybridized carbons (Fsp3) is 0.429. The number of hydrogen-bond donors (Lipinski definition) is 1. The summed E-state index contributed by atoms with van der Waals surface area (Å²) in [5.41, 5.74) is 1.28. The molecule has 1 aromatic rings. The van der Waals surface area contributed by atoms with Crippen molar-refractivity contribution in [3.05, 3.63) is 18.2 Å². The number of carbonyl (C=O) groups excluding carboxylic acids is 2. The molecule has 1 unspecified atom stereocenters. The first-order chi connectivity index (χ1) is 9.56. The van der Waals surface area contributed by atoms with Gasteiger partial charge in [-0.2, -0.15) is 0 Å². The van der Waals surface area contributed by atoms with E-state index in [0.717, 1.165) is 6.42 Å². The first-order valence-electron chi connectivity index (χ1n) is 6.54. The van der Waals surface area contributed by atoms with Crippen LogP contribution in [-0.4, -0.2) is 30.3 Å². The van der Waals surface area contributed by atoms with Gasteiger partial charge in [0.2, 0.25) is 5.91 Å². The lowest BCUT2D eigenvalue weighted by Crippen LogP contribution is -2.44. The lowest BCUT2D eigenvalue weighted by molar-refractivity contribution is -0.125. The van der Waals surface area contributed by atoms with Gasteiger partial charge in [-0.3, -0.25) is 9.59 Å². The standard InChI is InChI=1S/C14H17ClN2O3/c1-3-6-17-11-7-10(16-13(18)8-15)4-5-12(11)20-9(2)14(17)19/h4-5,7,9H,3,6,8H2,1-2H3,(H,16,18). The molecule has 1 aliphatic rings. The molecule has 0 saturated heterocycles. The Bertz CT molecular complexity index is 533. The summed E-state index contributed by atoms with van der Waals surface area (Å²) in [6.07, 6.45) is 0.355. The molecular formula is C14H17ClN2O3. The summed E-state index contributed by atoms with van der Waals surface area (Å²) in [6, 6.07) is 5.22. The number of alkyl halides is 1. The maximum atomic E-state index is 12.2. The second-order valence-corrected chi connectivity index (χ2v) is 4.88. The molecule has 1 heterocycles. The van der Waals surface area contributed by atoms with Crippen molar-refractivity contribution in [1.82, 2.24) is 0 Å². The third-order valence-corrected chi connectivity index (χ3v) is 3.26.